The molecule has 62 heavy (non-hydrogen) atoms. The van der Waals surface area contributed by atoms with Crippen molar-refractivity contribution in [1.82, 2.24) is 34.0 Å². The van der Waals surface area contributed by atoms with Gasteiger partial charge in [-0.15, -0.1) is 0 Å². The van der Waals surface area contributed by atoms with E-state index in [2.05, 4.69) is 20.2 Å². The first kappa shape index (κ1) is 38.1. The van der Waals surface area contributed by atoms with Crippen LogP contribution in [0.3, 0.4) is 0 Å². The van der Waals surface area contributed by atoms with Crippen LogP contribution in [0.5, 0.6) is 5.75 Å². The molecule has 1 aliphatic rings. The second kappa shape index (κ2) is 16.2. The number of carbonyl (C=O) groups is 1. The summed E-state index contributed by atoms with van der Waals surface area (Å²) in [7, 11) is 1.99. The molecule has 1 N–H and O–H groups in total. The number of ether oxygens (including phenoxy) is 1. The monoisotopic (exact) mass is 814 g/mol. The molecule has 4 aromatic heterocycles. The van der Waals surface area contributed by atoms with Gasteiger partial charge in [-0.25, -0.2) is 9.97 Å². The zero-order valence-electron chi connectivity index (χ0n) is 33.6. The quantitative estimate of drug-likeness (QED) is 0.146. The van der Waals surface area contributed by atoms with E-state index in [4.69, 9.17) is 14.7 Å². The van der Waals surface area contributed by atoms with Crippen LogP contribution in [-0.2, 0) is 11.4 Å². The van der Waals surface area contributed by atoms with Crippen LogP contribution in [0.25, 0.3) is 67.1 Å². The third-order valence-corrected chi connectivity index (χ3v) is 11.0. The maximum atomic E-state index is 14.4. The summed E-state index contributed by atoms with van der Waals surface area (Å²) < 4.78 is 9.30. The van der Waals surface area contributed by atoms with Gasteiger partial charge in [-0.2, -0.15) is 0 Å². The van der Waals surface area contributed by atoms with Gasteiger partial charge in [-0.3, -0.25) is 33.5 Å². The molecule has 9 aromatic rings. The maximum Gasteiger partial charge on any atom is 0.266 e. The van der Waals surface area contributed by atoms with Gasteiger partial charge in [0.05, 0.1) is 45.3 Å². The summed E-state index contributed by atoms with van der Waals surface area (Å²) >= 11 is 0. The predicted octanol–water partition coefficient (Wildman–Crippen LogP) is 7.95. The van der Waals surface area contributed by atoms with Gasteiger partial charge < -0.3 is 15.0 Å². The lowest BCUT2D eigenvalue weighted by Crippen LogP contribution is -2.49. The third-order valence-electron chi connectivity index (χ3n) is 11.0. The first-order chi connectivity index (χ1) is 30.4. The van der Waals surface area contributed by atoms with Crippen LogP contribution < -0.4 is 21.2 Å². The molecular weight excluding hydrogens is 777 g/mol. The minimum absolute atomic E-state index is 0.0175. The van der Waals surface area contributed by atoms with Crippen molar-refractivity contribution in [2.75, 3.05) is 25.5 Å². The summed E-state index contributed by atoms with van der Waals surface area (Å²) in [6.07, 6.45) is 6.72. The van der Waals surface area contributed by atoms with Gasteiger partial charge >= 0.3 is 0 Å². The van der Waals surface area contributed by atoms with E-state index in [0.717, 1.165) is 18.7 Å². The number of carbonyl (C=O) groups excluding carboxylic acids is 1. The summed E-state index contributed by atoms with van der Waals surface area (Å²) in [5.41, 5.74) is 5.99. The van der Waals surface area contributed by atoms with Crippen molar-refractivity contribution >= 4 is 33.4 Å². The van der Waals surface area contributed by atoms with E-state index in [1.165, 1.54) is 0 Å². The van der Waals surface area contributed by atoms with Crippen molar-refractivity contribution in [3.8, 4) is 51.0 Å². The molecule has 0 aliphatic carbocycles. The molecule has 1 saturated heterocycles. The molecule has 1 aliphatic heterocycles. The standard InChI is InChI=1S/C50H38N8O4/c1-56-29-37(30-56)48(59)53-38-20-18-33(19-21-38)46-54-44-16-7-6-15-43(44)50(61)58(46)40-23-35(26-52-28-40)34-22-36(27-51-25-34)47-55-45-17-8-5-14-42(45)49(60)57(47)39-12-9-13-41(24-39)62-31-32-10-3-2-4-11-32/h2-28,37H,29-31H2,1H3,(H,53,59). The van der Waals surface area contributed by atoms with Gasteiger partial charge in [0.25, 0.3) is 11.1 Å². The molecule has 5 heterocycles. The number of hydrogen-bond acceptors (Lipinski definition) is 9. The second-order valence-corrected chi connectivity index (χ2v) is 15.3. The van der Waals surface area contributed by atoms with Crippen molar-refractivity contribution in [3.05, 3.63) is 191 Å². The lowest BCUT2D eigenvalue weighted by atomic mass is 10.0. The summed E-state index contributed by atoms with van der Waals surface area (Å²) in [5.74, 6) is 1.35. The number of anilines is 1. The second-order valence-electron chi connectivity index (χ2n) is 15.3. The average molecular weight is 815 g/mol. The van der Waals surface area contributed by atoms with Crippen molar-refractivity contribution in [3.63, 3.8) is 0 Å². The van der Waals surface area contributed by atoms with Gasteiger partial charge in [-0.1, -0.05) is 60.7 Å². The first-order valence-corrected chi connectivity index (χ1v) is 20.2. The smallest absolute Gasteiger partial charge is 0.266 e. The molecule has 1 amide bonds. The number of rotatable bonds is 10. The largest absolute Gasteiger partial charge is 0.489 e. The van der Waals surface area contributed by atoms with Crippen molar-refractivity contribution in [2.45, 2.75) is 6.61 Å². The Balaban J connectivity index is 1.03. The Morgan fingerprint density at radius 3 is 1.90 bits per heavy atom. The van der Waals surface area contributed by atoms with Crippen LogP contribution in [0, 0.1) is 5.92 Å². The Morgan fingerprint density at radius 1 is 0.613 bits per heavy atom. The Kier molecular flexibility index (Phi) is 9.94. The van der Waals surface area contributed by atoms with E-state index in [-0.39, 0.29) is 22.9 Å². The van der Waals surface area contributed by atoms with E-state index in [1.54, 1.807) is 46.1 Å². The van der Waals surface area contributed by atoms with Crippen molar-refractivity contribution in [1.29, 1.82) is 0 Å². The summed E-state index contributed by atoms with van der Waals surface area (Å²) in [6.45, 7) is 1.83. The highest BCUT2D eigenvalue weighted by Crippen LogP contribution is 2.30. The number of amides is 1. The van der Waals surface area contributed by atoms with Crippen molar-refractivity contribution in [2.24, 2.45) is 5.92 Å². The Bertz CT molecular complexity index is 3270. The average Bonchev–Trinajstić information content (AvgIpc) is 3.30. The van der Waals surface area contributed by atoms with E-state index >= 15 is 0 Å². The third kappa shape index (κ3) is 7.39. The topological polar surface area (TPSA) is 137 Å². The number of aromatic nitrogens is 6. The normalized spacial score (nSPS) is 12.9. The van der Waals surface area contributed by atoms with Gasteiger partial charge in [-0.05, 0) is 85.4 Å². The minimum Gasteiger partial charge on any atom is -0.489 e. The molecule has 0 radical (unpaired) electrons. The van der Waals surface area contributed by atoms with Crippen LogP contribution in [0.2, 0.25) is 0 Å². The molecule has 0 spiro atoms. The fourth-order valence-corrected chi connectivity index (χ4v) is 7.82. The van der Waals surface area contributed by atoms with Crippen LogP contribution in [0.15, 0.2) is 174 Å². The van der Waals surface area contributed by atoms with E-state index in [1.807, 2.05) is 134 Å². The Labute approximate surface area is 355 Å². The molecule has 5 aromatic carbocycles. The summed E-state index contributed by atoms with van der Waals surface area (Å²) in [6, 6.07) is 42.9. The van der Waals surface area contributed by atoms with Gasteiger partial charge in [0, 0.05) is 65.7 Å². The molecule has 0 saturated carbocycles. The van der Waals surface area contributed by atoms with Gasteiger partial charge in [0.1, 0.15) is 24.0 Å². The molecule has 0 bridgehead atoms. The molecular formula is C50H38N8O4. The highest BCUT2D eigenvalue weighted by Gasteiger charge is 2.30. The fraction of sp³-hybridized carbons (Fsp3) is 0.100. The predicted molar refractivity (Wildman–Crippen MR) is 241 cm³/mol. The number of nitrogens with zero attached hydrogens (tertiary/aromatic N) is 7. The molecule has 1 fully saturated rings. The lowest BCUT2D eigenvalue weighted by molar-refractivity contribution is -0.124. The lowest BCUT2D eigenvalue weighted by Gasteiger charge is -2.34. The van der Waals surface area contributed by atoms with E-state index in [0.29, 0.717) is 85.1 Å². The first-order valence-electron chi connectivity index (χ1n) is 20.2. The molecule has 302 valence electrons. The highest BCUT2D eigenvalue weighted by atomic mass is 16.5. The zero-order chi connectivity index (χ0) is 42.2. The number of fused-ring (bicyclic) bond motifs is 2. The number of para-hydroxylation sites is 2. The summed E-state index contributed by atoms with van der Waals surface area (Å²) in [4.78, 5) is 62.8. The van der Waals surface area contributed by atoms with Gasteiger partial charge in [0.2, 0.25) is 5.91 Å². The minimum atomic E-state index is -0.262. The number of hydrogen-bond donors (Lipinski definition) is 1. The van der Waals surface area contributed by atoms with Crippen LogP contribution >= 0.6 is 0 Å². The van der Waals surface area contributed by atoms with Crippen LogP contribution in [-0.4, -0.2) is 60.0 Å². The summed E-state index contributed by atoms with van der Waals surface area (Å²) in [5, 5.41) is 3.94. The Hall–Kier alpha value is -8.09. The van der Waals surface area contributed by atoms with E-state index < -0.39 is 0 Å². The maximum absolute atomic E-state index is 14.4. The molecule has 12 nitrogen and oxygen atoms in total. The SMILES string of the molecule is CN1CC(C(=O)Nc2ccc(-c3nc4ccccc4c(=O)n3-c3cncc(-c4cncc(-c5nc6ccccc6c(=O)n5-c5cccc(OCc6ccccc6)c5)c4)c3)cc2)C1. The zero-order valence-corrected chi connectivity index (χ0v) is 33.6. The Morgan fingerprint density at radius 2 is 1.21 bits per heavy atom. The highest BCUT2D eigenvalue weighted by molar-refractivity contribution is 5.93. The number of likely N-dealkylation sites (tertiary alicyclic amines) is 1. The molecule has 10 rings (SSSR count). The number of nitrogens with one attached hydrogen (secondary N) is 1. The van der Waals surface area contributed by atoms with Crippen molar-refractivity contribution < 1.29 is 9.53 Å². The van der Waals surface area contributed by atoms with E-state index in [9.17, 15) is 14.4 Å². The number of benzene rings is 5. The van der Waals surface area contributed by atoms with Crippen LogP contribution in [0.4, 0.5) is 5.69 Å². The van der Waals surface area contributed by atoms with Gasteiger partial charge in [0.15, 0.2) is 0 Å². The molecule has 0 unspecified atom stereocenters. The molecule has 12 heteroatoms. The molecule has 0 atom stereocenters. The fourth-order valence-electron chi connectivity index (χ4n) is 7.82. The van der Waals surface area contributed by atoms with Crippen LogP contribution in [0.1, 0.15) is 5.56 Å². The number of pyridine rings is 2.